The van der Waals surface area contributed by atoms with Crippen molar-refractivity contribution in [2.24, 2.45) is 5.92 Å². The highest BCUT2D eigenvalue weighted by molar-refractivity contribution is 7.16. The van der Waals surface area contributed by atoms with Gasteiger partial charge in [0.1, 0.15) is 11.1 Å². The molecular weight excluding hydrogens is 468 g/mol. The van der Waals surface area contributed by atoms with Crippen LogP contribution in [-0.4, -0.2) is 30.1 Å². The Morgan fingerprint density at radius 1 is 1.32 bits per heavy atom. The second kappa shape index (κ2) is 11.6. The average molecular weight is 493 g/mol. The number of carbonyl (C=O) groups is 2. The number of anilines is 1. The molecule has 1 aliphatic rings. The molecule has 2 N–H and O–H groups in total. The molecule has 0 fully saturated rings. The minimum absolute atomic E-state index is 0.184. The lowest BCUT2D eigenvalue weighted by molar-refractivity contribution is -0.111. The topological polar surface area (TPSA) is 104 Å². The first-order chi connectivity index (χ1) is 16.6. The van der Waals surface area contributed by atoms with E-state index in [9.17, 15) is 14.9 Å². The van der Waals surface area contributed by atoms with Crippen LogP contribution in [0.1, 0.15) is 32.9 Å². The maximum Gasteiger partial charge on any atom is 0.407 e. The third kappa shape index (κ3) is 6.31. The van der Waals surface area contributed by atoms with Gasteiger partial charge in [-0.3, -0.25) is 9.78 Å². The molecule has 0 saturated heterocycles. The van der Waals surface area contributed by atoms with E-state index in [2.05, 4.69) is 21.7 Å². The lowest BCUT2D eigenvalue weighted by Gasteiger charge is -2.21. The number of thiophene rings is 2. The number of rotatable bonds is 8. The Morgan fingerprint density at radius 3 is 3.00 bits per heavy atom. The van der Waals surface area contributed by atoms with Crippen molar-refractivity contribution in [3.8, 4) is 6.07 Å². The smallest absolute Gasteiger partial charge is 0.407 e. The van der Waals surface area contributed by atoms with E-state index < -0.39 is 6.09 Å². The van der Waals surface area contributed by atoms with Gasteiger partial charge in [-0.2, -0.15) is 5.26 Å². The lowest BCUT2D eigenvalue weighted by atomic mass is 9.88. The van der Waals surface area contributed by atoms with E-state index in [1.165, 1.54) is 17.4 Å². The van der Waals surface area contributed by atoms with Gasteiger partial charge in [-0.1, -0.05) is 12.1 Å². The molecule has 3 aromatic rings. The van der Waals surface area contributed by atoms with E-state index in [-0.39, 0.29) is 11.8 Å². The van der Waals surface area contributed by atoms with E-state index >= 15 is 0 Å². The molecule has 3 heterocycles. The number of hydrogen-bond acceptors (Lipinski definition) is 7. The predicted octanol–water partition coefficient (Wildman–Crippen LogP) is 4.80. The summed E-state index contributed by atoms with van der Waals surface area (Å²) >= 11 is 2.99. The molecule has 0 radical (unpaired) electrons. The molecule has 0 bridgehead atoms. The van der Waals surface area contributed by atoms with Gasteiger partial charge in [0, 0.05) is 34.8 Å². The van der Waals surface area contributed by atoms with Crippen molar-refractivity contribution in [2.45, 2.75) is 25.7 Å². The first-order valence-corrected chi connectivity index (χ1v) is 12.7. The molecule has 9 heteroatoms. The van der Waals surface area contributed by atoms with Gasteiger partial charge in [-0.15, -0.1) is 22.7 Å². The molecule has 0 spiro atoms. The average Bonchev–Trinajstić information content (AvgIpc) is 3.49. The second-order valence-corrected chi connectivity index (χ2v) is 9.99. The summed E-state index contributed by atoms with van der Waals surface area (Å²) in [5, 5.41) is 17.8. The maximum atomic E-state index is 12.3. The zero-order valence-corrected chi connectivity index (χ0v) is 20.1. The van der Waals surface area contributed by atoms with Crippen molar-refractivity contribution in [1.29, 1.82) is 5.26 Å². The van der Waals surface area contributed by atoms with E-state index in [1.54, 1.807) is 29.8 Å². The number of ether oxygens (including phenoxy) is 1. The number of carbonyl (C=O) groups excluding carboxylic acids is 2. The van der Waals surface area contributed by atoms with Crippen LogP contribution >= 0.6 is 22.7 Å². The van der Waals surface area contributed by atoms with Crippen molar-refractivity contribution in [3.63, 3.8) is 0 Å². The number of nitrogens with one attached hydrogen (secondary N) is 2. The van der Waals surface area contributed by atoms with Crippen molar-refractivity contribution in [3.05, 3.63) is 74.6 Å². The maximum absolute atomic E-state index is 12.3. The molecule has 1 unspecified atom stereocenters. The fourth-order valence-corrected chi connectivity index (χ4v) is 5.73. The molecule has 0 saturated carbocycles. The SMILES string of the molecule is N#Cc1c(NC(=O)/C=C/c2cccs2)sc2c1CCC(COC(=O)NCCc1cccnc1)C2. The van der Waals surface area contributed by atoms with E-state index in [1.807, 2.05) is 29.6 Å². The largest absolute Gasteiger partial charge is 0.449 e. The van der Waals surface area contributed by atoms with Gasteiger partial charge < -0.3 is 15.4 Å². The van der Waals surface area contributed by atoms with Crippen LogP contribution in [0.3, 0.4) is 0 Å². The van der Waals surface area contributed by atoms with Gasteiger partial charge in [0.05, 0.1) is 12.2 Å². The van der Waals surface area contributed by atoms with E-state index in [4.69, 9.17) is 4.74 Å². The number of aromatic nitrogens is 1. The fourth-order valence-electron chi connectivity index (χ4n) is 3.80. The number of alkyl carbamates (subject to hydrolysis) is 1. The zero-order chi connectivity index (χ0) is 23.8. The van der Waals surface area contributed by atoms with Crippen LogP contribution in [0, 0.1) is 17.2 Å². The highest BCUT2D eigenvalue weighted by atomic mass is 32.1. The summed E-state index contributed by atoms with van der Waals surface area (Å²) in [5.74, 6) is -0.0737. The monoisotopic (exact) mass is 492 g/mol. The molecule has 2 amide bonds. The van der Waals surface area contributed by atoms with Gasteiger partial charge in [-0.05, 0) is 66.3 Å². The molecule has 34 heavy (non-hydrogen) atoms. The van der Waals surface area contributed by atoms with Crippen LogP contribution in [0.25, 0.3) is 6.08 Å². The highest BCUT2D eigenvalue weighted by Gasteiger charge is 2.27. The van der Waals surface area contributed by atoms with Crippen molar-refractivity contribution in [1.82, 2.24) is 10.3 Å². The second-order valence-electron chi connectivity index (χ2n) is 7.90. The number of hydrogen-bond donors (Lipinski definition) is 2. The van der Waals surface area contributed by atoms with Gasteiger partial charge in [-0.25, -0.2) is 4.79 Å². The fraction of sp³-hybridized carbons (Fsp3) is 0.280. The Kier molecular flexibility index (Phi) is 8.07. The van der Waals surface area contributed by atoms with Crippen LogP contribution in [0.2, 0.25) is 0 Å². The molecule has 174 valence electrons. The highest BCUT2D eigenvalue weighted by Crippen LogP contribution is 2.39. The Hall–Kier alpha value is -3.48. The van der Waals surface area contributed by atoms with Gasteiger partial charge in [0.2, 0.25) is 5.91 Å². The third-order valence-corrected chi connectivity index (χ3v) is 7.52. The van der Waals surface area contributed by atoms with Crippen LogP contribution in [0.4, 0.5) is 9.80 Å². The first-order valence-electron chi connectivity index (χ1n) is 11.0. The number of amides is 2. The normalized spacial score (nSPS) is 14.9. The van der Waals surface area contributed by atoms with Crippen molar-refractivity contribution < 1.29 is 14.3 Å². The number of nitrogens with zero attached hydrogens (tertiary/aromatic N) is 2. The van der Waals surface area contributed by atoms with Gasteiger partial charge in [0.25, 0.3) is 0 Å². The van der Waals surface area contributed by atoms with Crippen molar-refractivity contribution >= 4 is 45.8 Å². The van der Waals surface area contributed by atoms with Crippen LogP contribution < -0.4 is 10.6 Å². The molecule has 7 nitrogen and oxygen atoms in total. The molecule has 0 aromatic carbocycles. The third-order valence-electron chi connectivity index (χ3n) is 5.51. The summed E-state index contributed by atoms with van der Waals surface area (Å²) in [6.07, 6.45) is 9.28. The number of pyridine rings is 1. The molecular formula is C25H24N4O3S2. The van der Waals surface area contributed by atoms with Crippen LogP contribution in [-0.2, 0) is 28.8 Å². The number of fused-ring (bicyclic) bond motifs is 1. The van der Waals surface area contributed by atoms with E-state index in [0.29, 0.717) is 30.1 Å². The molecule has 0 aliphatic heterocycles. The number of nitriles is 1. The van der Waals surface area contributed by atoms with Gasteiger partial charge >= 0.3 is 6.09 Å². The zero-order valence-electron chi connectivity index (χ0n) is 18.5. The Bertz CT molecular complexity index is 1200. The molecule has 1 atom stereocenters. The van der Waals surface area contributed by atoms with Crippen LogP contribution in [0.15, 0.2) is 48.1 Å². The summed E-state index contributed by atoms with van der Waals surface area (Å²) in [6, 6.07) is 9.95. The summed E-state index contributed by atoms with van der Waals surface area (Å²) < 4.78 is 5.43. The van der Waals surface area contributed by atoms with E-state index in [0.717, 1.165) is 40.1 Å². The predicted molar refractivity (Wildman–Crippen MR) is 134 cm³/mol. The first kappa shape index (κ1) is 23.7. The Morgan fingerprint density at radius 2 is 2.24 bits per heavy atom. The lowest BCUT2D eigenvalue weighted by Crippen LogP contribution is -2.29. The Labute approximate surface area is 206 Å². The minimum Gasteiger partial charge on any atom is -0.449 e. The summed E-state index contributed by atoms with van der Waals surface area (Å²) in [5.41, 5.74) is 2.60. The molecule has 3 aromatic heterocycles. The summed E-state index contributed by atoms with van der Waals surface area (Å²) in [6.45, 7) is 0.809. The minimum atomic E-state index is -0.427. The molecule has 1 aliphatic carbocycles. The standard InChI is InChI=1S/C25H24N4O3S2/c26-14-21-20-7-5-18(16-32-25(31)28-11-9-17-3-1-10-27-15-17)13-22(20)34-24(21)29-23(30)8-6-19-4-2-12-33-19/h1-4,6,8,10,12,15,18H,5,7,9,11,13,16H2,(H,28,31)(H,29,30)/b8-6+. The quantitative estimate of drug-likeness (QED) is 0.440. The van der Waals surface area contributed by atoms with Crippen LogP contribution in [0.5, 0.6) is 0 Å². The molecule has 4 rings (SSSR count). The summed E-state index contributed by atoms with van der Waals surface area (Å²) in [7, 11) is 0. The summed E-state index contributed by atoms with van der Waals surface area (Å²) in [4.78, 5) is 30.5. The van der Waals surface area contributed by atoms with Crippen molar-refractivity contribution in [2.75, 3.05) is 18.5 Å². The Balaban J connectivity index is 1.27. The van der Waals surface area contributed by atoms with Gasteiger partial charge in [0.15, 0.2) is 0 Å².